The Morgan fingerprint density at radius 3 is 2.08 bits per heavy atom. The molecule has 0 aliphatic heterocycles. The van der Waals surface area contributed by atoms with Crippen molar-refractivity contribution < 1.29 is 5.11 Å². The van der Waals surface area contributed by atoms with Crippen LogP contribution in [0.5, 0.6) is 0 Å². The summed E-state index contributed by atoms with van der Waals surface area (Å²) in [5.41, 5.74) is 0. The molecule has 0 atom stereocenters. The molecule has 1 N–H and O–H groups in total. The fourth-order valence-corrected chi connectivity index (χ4v) is 1.29. The van der Waals surface area contributed by atoms with Crippen molar-refractivity contribution in [3.63, 3.8) is 0 Å². The molecule has 0 saturated heterocycles. The molecule has 0 unspecified atom stereocenters. The maximum atomic E-state index is 8.36. The van der Waals surface area contributed by atoms with Gasteiger partial charge >= 0.3 is 0 Å². The summed E-state index contributed by atoms with van der Waals surface area (Å²) in [6.45, 7) is 2.24. The highest BCUT2D eigenvalue weighted by atomic mass is 16.2. The van der Waals surface area contributed by atoms with E-state index in [1.54, 1.807) is 0 Å². The summed E-state index contributed by atoms with van der Waals surface area (Å²) < 4.78 is 0. The normalized spacial score (nSPS) is 11.1. The van der Waals surface area contributed by atoms with Crippen LogP contribution in [0.3, 0.4) is 0 Å². The SMILES string of the molecule is CCCCCCCCCC=CO. The van der Waals surface area contributed by atoms with Crippen molar-refractivity contribution in [3.8, 4) is 0 Å². The molecular formula is C11H22O. The van der Waals surface area contributed by atoms with Gasteiger partial charge in [0, 0.05) is 0 Å². The van der Waals surface area contributed by atoms with Crippen LogP contribution in [-0.2, 0) is 0 Å². The highest BCUT2D eigenvalue weighted by Gasteiger charge is 1.88. The molecular weight excluding hydrogens is 148 g/mol. The van der Waals surface area contributed by atoms with Crippen LogP contribution in [0, 0.1) is 0 Å². The summed E-state index contributed by atoms with van der Waals surface area (Å²) in [7, 11) is 0. The Morgan fingerprint density at radius 1 is 0.917 bits per heavy atom. The van der Waals surface area contributed by atoms with Gasteiger partial charge in [-0.3, -0.25) is 0 Å². The zero-order chi connectivity index (χ0) is 9.07. The second kappa shape index (κ2) is 10.5. The lowest BCUT2D eigenvalue weighted by molar-refractivity contribution is 0.469. The number of rotatable bonds is 8. The van der Waals surface area contributed by atoms with Crippen LogP contribution in [-0.4, -0.2) is 5.11 Å². The Hall–Kier alpha value is -0.460. The van der Waals surface area contributed by atoms with Gasteiger partial charge < -0.3 is 5.11 Å². The molecule has 0 aromatic heterocycles. The van der Waals surface area contributed by atoms with Gasteiger partial charge in [-0.1, -0.05) is 51.5 Å². The molecule has 1 heteroatoms. The summed E-state index contributed by atoms with van der Waals surface area (Å²) in [5.74, 6) is 0. The molecule has 0 aliphatic carbocycles. The Balaban J connectivity index is 2.81. The van der Waals surface area contributed by atoms with Crippen molar-refractivity contribution >= 4 is 0 Å². The van der Waals surface area contributed by atoms with Crippen molar-refractivity contribution in [3.05, 3.63) is 12.3 Å². The minimum absolute atomic E-state index is 1.03. The van der Waals surface area contributed by atoms with Gasteiger partial charge in [-0.05, 0) is 12.8 Å². The molecule has 12 heavy (non-hydrogen) atoms. The quantitative estimate of drug-likeness (QED) is 0.427. The molecule has 0 aliphatic rings. The molecule has 0 heterocycles. The first-order valence-corrected chi connectivity index (χ1v) is 5.21. The highest BCUT2D eigenvalue weighted by molar-refractivity contribution is 4.70. The van der Waals surface area contributed by atoms with Gasteiger partial charge in [0.15, 0.2) is 0 Å². The third kappa shape index (κ3) is 9.54. The van der Waals surface area contributed by atoms with E-state index in [1.165, 1.54) is 44.9 Å². The van der Waals surface area contributed by atoms with Crippen LogP contribution in [0.4, 0.5) is 0 Å². The maximum absolute atomic E-state index is 8.36. The van der Waals surface area contributed by atoms with Gasteiger partial charge in [-0.15, -0.1) is 0 Å². The first-order chi connectivity index (χ1) is 5.91. The van der Waals surface area contributed by atoms with Crippen molar-refractivity contribution in [2.45, 2.75) is 58.3 Å². The summed E-state index contributed by atoms with van der Waals surface area (Å²) in [5, 5.41) is 8.36. The van der Waals surface area contributed by atoms with Gasteiger partial charge in [0.1, 0.15) is 0 Å². The van der Waals surface area contributed by atoms with Crippen molar-refractivity contribution in [2.75, 3.05) is 0 Å². The zero-order valence-electron chi connectivity index (χ0n) is 8.26. The lowest BCUT2D eigenvalue weighted by atomic mass is 10.1. The van der Waals surface area contributed by atoms with Crippen LogP contribution >= 0.6 is 0 Å². The van der Waals surface area contributed by atoms with E-state index < -0.39 is 0 Å². The number of aliphatic hydroxyl groups excluding tert-OH is 1. The fourth-order valence-electron chi connectivity index (χ4n) is 1.29. The molecule has 0 saturated carbocycles. The second-order valence-corrected chi connectivity index (χ2v) is 3.29. The largest absolute Gasteiger partial charge is 0.516 e. The zero-order valence-corrected chi connectivity index (χ0v) is 8.26. The highest BCUT2D eigenvalue weighted by Crippen LogP contribution is 2.08. The molecule has 0 amide bonds. The Labute approximate surface area is 76.5 Å². The molecule has 0 fully saturated rings. The fraction of sp³-hybridized carbons (Fsp3) is 0.818. The van der Waals surface area contributed by atoms with E-state index in [-0.39, 0.29) is 0 Å². The summed E-state index contributed by atoms with van der Waals surface area (Å²) in [6, 6.07) is 0. The van der Waals surface area contributed by atoms with Crippen LogP contribution in [0.2, 0.25) is 0 Å². The van der Waals surface area contributed by atoms with Gasteiger partial charge in [0.2, 0.25) is 0 Å². The van der Waals surface area contributed by atoms with E-state index in [0.29, 0.717) is 0 Å². The Bertz CT molecular complexity index is 97.2. The standard InChI is InChI=1S/C11H22O/c1-2-3-4-5-6-7-8-9-10-11-12/h10-12H,2-9H2,1H3. The number of hydrogen-bond acceptors (Lipinski definition) is 1. The first-order valence-electron chi connectivity index (χ1n) is 5.21. The first kappa shape index (κ1) is 11.5. The van der Waals surface area contributed by atoms with Crippen molar-refractivity contribution in [2.24, 2.45) is 0 Å². The Morgan fingerprint density at radius 2 is 1.50 bits per heavy atom. The monoisotopic (exact) mass is 170 g/mol. The number of allylic oxidation sites excluding steroid dienone is 1. The molecule has 0 spiro atoms. The summed E-state index contributed by atoms with van der Waals surface area (Å²) in [4.78, 5) is 0. The van der Waals surface area contributed by atoms with E-state index in [0.717, 1.165) is 12.7 Å². The van der Waals surface area contributed by atoms with Gasteiger partial charge in [0.05, 0.1) is 6.26 Å². The van der Waals surface area contributed by atoms with E-state index in [4.69, 9.17) is 5.11 Å². The third-order valence-electron chi connectivity index (χ3n) is 2.08. The number of unbranched alkanes of at least 4 members (excludes halogenated alkanes) is 7. The smallest absolute Gasteiger partial charge is 0.0751 e. The minimum Gasteiger partial charge on any atom is -0.516 e. The predicted octanol–water partition coefficient (Wildman–Crippen LogP) is 4.20. The van der Waals surface area contributed by atoms with E-state index >= 15 is 0 Å². The predicted molar refractivity (Wildman–Crippen MR) is 54.4 cm³/mol. The molecule has 0 aromatic rings. The number of hydrogen-bond donors (Lipinski definition) is 1. The average Bonchev–Trinajstić information content (AvgIpc) is 2.10. The molecule has 72 valence electrons. The van der Waals surface area contributed by atoms with E-state index in [9.17, 15) is 0 Å². The van der Waals surface area contributed by atoms with Crippen LogP contribution < -0.4 is 0 Å². The maximum Gasteiger partial charge on any atom is 0.0751 e. The lowest BCUT2D eigenvalue weighted by Crippen LogP contribution is -1.78. The summed E-state index contributed by atoms with van der Waals surface area (Å²) in [6.07, 6.45) is 13.4. The van der Waals surface area contributed by atoms with Crippen LogP contribution in [0.25, 0.3) is 0 Å². The van der Waals surface area contributed by atoms with Gasteiger partial charge in [-0.2, -0.15) is 0 Å². The second-order valence-electron chi connectivity index (χ2n) is 3.29. The summed E-state index contributed by atoms with van der Waals surface area (Å²) >= 11 is 0. The molecule has 0 radical (unpaired) electrons. The van der Waals surface area contributed by atoms with Crippen molar-refractivity contribution in [1.82, 2.24) is 0 Å². The van der Waals surface area contributed by atoms with E-state index in [1.807, 2.05) is 6.08 Å². The molecule has 0 bridgehead atoms. The molecule has 0 aromatic carbocycles. The van der Waals surface area contributed by atoms with E-state index in [2.05, 4.69) is 6.92 Å². The molecule has 0 rings (SSSR count). The van der Waals surface area contributed by atoms with Crippen molar-refractivity contribution in [1.29, 1.82) is 0 Å². The minimum atomic E-state index is 1.03. The van der Waals surface area contributed by atoms with Crippen LogP contribution in [0.15, 0.2) is 12.3 Å². The number of aliphatic hydroxyl groups is 1. The van der Waals surface area contributed by atoms with Gasteiger partial charge in [-0.25, -0.2) is 0 Å². The lowest BCUT2D eigenvalue weighted by Gasteiger charge is -1.98. The van der Waals surface area contributed by atoms with Gasteiger partial charge in [0.25, 0.3) is 0 Å². The topological polar surface area (TPSA) is 20.2 Å². The molecule has 1 nitrogen and oxygen atoms in total. The average molecular weight is 170 g/mol. The third-order valence-corrected chi connectivity index (χ3v) is 2.08. The Kier molecular flexibility index (Phi) is 10.1. The van der Waals surface area contributed by atoms with Crippen LogP contribution in [0.1, 0.15) is 58.3 Å².